The van der Waals surface area contributed by atoms with E-state index >= 15 is 0 Å². The number of amides is 4. The smallest absolute Gasteiger partial charge is 0.324 e. The topological polar surface area (TPSA) is 130 Å². The molecule has 0 radical (unpaired) electrons. The van der Waals surface area contributed by atoms with Gasteiger partial charge in [-0.05, 0) is 50.1 Å². The lowest BCUT2D eigenvalue weighted by Crippen LogP contribution is -2.46. The summed E-state index contributed by atoms with van der Waals surface area (Å²) in [6.07, 6.45) is 3.20. The van der Waals surface area contributed by atoms with Gasteiger partial charge in [-0.1, -0.05) is 62.7 Å². The molecule has 6 rings (SSSR count). The molecule has 0 spiro atoms. The summed E-state index contributed by atoms with van der Waals surface area (Å²) in [5.74, 6) is 1.64. The van der Waals surface area contributed by atoms with Crippen LogP contribution < -0.4 is 20.7 Å². The number of hydrogen-bond acceptors (Lipinski definition) is 6. The Morgan fingerprint density at radius 3 is 2.32 bits per heavy atom. The zero-order valence-electron chi connectivity index (χ0n) is 29.1. The normalized spacial score (nSPS) is 13.6. The molecule has 258 valence electrons. The van der Waals surface area contributed by atoms with Crippen LogP contribution in [0.2, 0.25) is 0 Å². The van der Waals surface area contributed by atoms with Crippen molar-refractivity contribution in [2.75, 3.05) is 23.7 Å². The van der Waals surface area contributed by atoms with E-state index in [4.69, 9.17) is 9.84 Å². The van der Waals surface area contributed by atoms with Gasteiger partial charge >= 0.3 is 6.03 Å². The quantitative estimate of drug-likeness (QED) is 0.161. The second kappa shape index (κ2) is 14.4. The van der Waals surface area contributed by atoms with Crippen LogP contribution in [0.15, 0.2) is 85.1 Å². The van der Waals surface area contributed by atoms with Gasteiger partial charge in [-0.15, -0.1) is 0 Å². The number of aromatic nitrogens is 3. The average molecular weight is 674 g/mol. The Bertz CT molecular complexity index is 2020. The second-order valence-corrected chi connectivity index (χ2v) is 13.8. The van der Waals surface area contributed by atoms with Gasteiger partial charge in [0.1, 0.15) is 17.3 Å². The summed E-state index contributed by atoms with van der Waals surface area (Å²) in [6.45, 7) is 11.1. The van der Waals surface area contributed by atoms with Crippen LogP contribution in [0.25, 0.3) is 16.5 Å². The van der Waals surface area contributed by atoms with Crippen molar-refractivity contribution >= 4 is 40.1 Å². The highest BCUT2D eigenvalue weighted by atomic mass is 16.5. The molecule has 0 unspecified atom stereocenters. The van der Waals surface area contributed by atoms with Gasteiger partial charge in [-0.2, -0.15) is 5.10 Å². The molecular formula is C39H43N7O4. The largest absolute Gasteiger partial charge is 0.457 e. The number of nitrogens with one attached hydrogen (secondary N) is 3. The molecule has 3 aromatic carbocycles. The van der Waals surface area contributed by atoms with Crippen molar-refractivity contribution in [1.82, 2.24) is 25.0 Å². The van der Waals surface area contributed by atoms with Crippen LogP contribution in [0.1, 0.15) is 57.5 Å². The molecule has 11 heteroatoms. The molecule has 0 bridgehead atoms. The number of carbonyl (C=O) groups is 3. The number of carbonyl (C=O) groups excluding carboxylic acids is 3. The lowest BCUT2D eigenvalue weighted by Gasteiger charge is -2.31. The first-order valence-corrected chi connectivity index (χ1v) is 16.9. The molecule has 2 aromatic heterocycles. The fraction of sp³-hybridized carbons (Fsp3) is 0.308. The van der Waals surface area contributed by atoms with E-state index in [0.29, 0.717) is 41.8 Å². The number of anilines is 2. The fourth-order valence-corrected chi connectivity index (χ4v) is 5.98. The highest BCUT2D eigenvalue weighted by Crippen LogP contribution is 2.35. The van der Waals surface area contributed by atoms with Crippen LogP contribution in [-0.4, -0.2) is 56.6 Å². The van der Waals surface area contributed by atoms with Crippen molar-refractivity contribution in [1.29, 1.82) is 0 Å². The Labute approximate surface area is 292 Å². The number of pyridine rings is 1. The van der Waals surface area contributed by atoms with Crippen LogP contribution in [-0.2, 0) is 21.4 Å². The van der Waals surface area contributed by atoms with Gasteiger partial charge in [0.25, 0.3) is 0 Å². The minimum atomic E-state index is -0.404. The highest BCUT2D eigenvalue weighted by Gasteiger charge is 2.23. The van der Waals surface area contributed by atoms with Gasteiger partial charge in [-0.3, -0.25) is 19.9 Å². The molecule has 3 heterocycles. The summed E-state index contributed by atoms with van der Waals surface area (Å²) in [4.78, 5) is 44.0. The van der Waals surface area contributed by atoms with Gasteiger partial charge in [-0.25, -0.2) is 9.48 Å². The second-order valence-electron chi connectivity index (χ2n) is 13.8. The standard InChI is InChI=1S/C39H43N7O4/c1-25-10-12-29(13-11-25)46-36(24-35(44-46)39(3,4)5)43-38(49)42-33-14-15-34(32-9-7-6-8-31(32)33)50-30-16-19-40-28(22-30)23-37(48)41-27-17-20-45(21-18-27)26(2)47/h6-16,19,22,24,27H,17-18,20-21,23H2,1-5H3,(H,41,48)(H2,42,43,49). The Morgan fingerprint density at radius 2 is 1.62 bits per heavy atom. The SMILES string of the molecule is CC(=O)N1CCC(NC(=O)Cc2cc(Oc3ccc(NC(=O)Nc4cc(C(C)(C)C)nn4-c4ccc(C)cc4)c4ccccc34)ccn2)CC1. The molecule has 11 nitrogen and oxygen atoms in total. The van der Waals surface area contributed by atoms with Gasteiger partial charge < -0.3 is 20.3 Å². The maximum absolute atomic E-state index is 13.4. The zero-order valence-corrected chi connectivity index (χ0v) is 29.1. The number of piperidine rings is 1. The third kappa shape index (κ3) is 8.11. The van der Waals surface area contributed by atoms with E-state index in [-0.39, 0.29) is 29.7 Å². The van der Waals surface area contributed by atoms with Crippen molar-refractivity contribution < 1.29 is 19.1 Å². The maximum atomic E-state index is 13.4. The number of rotatable bonds is 8. The molecule has 5 aromatic rings. The molecule has 1 fully saturated rings. The molecule has 3 N–H and O–H groups in total. The van der Waals surface area contributed by atoms with Crippen LogP contribution in [0.4, 0.5) is 16.3 Å². The number of ether oxygens (including phenoxy) is 1. The lowest BCUT2D eigenvalue weighted by molar-refractivity contribution is -0.130. The van der Waals surface area contributed by atoms with Gasteiger partial charge in [0.2, 0.25) is 11.8 Å². The Balaban J connectivity index is 1.15. The van der Waals surface area contributed by atoms with E-state index in [2.05, 4.69) is 41.7 Å². The van der Waals surface area contributed by atoms with E-state index in [1.807, 2.05) is 73.7 Å². The predicted octanol–water partition coefficient (Wildman–Crippen LogP) is 7.13. The predicted molar refractivity (Wildman–Crippen MR) is 195 cm³/mol. The molecule has 1 aliphatic rings. The van der Waals surface area contributed by atoms with Crippen molar-refractivity contribution in [2.24, 2.45) is 0 Å². The Hall–Kier alpha value is -5.71. The fourth-order valence-electron chi connectivity index (χ4n) is 5.98. The molecule has 0 saturated carbocycles. The average Bonchev–Trinajstić information content (AvgIpc) is 3.51. The number of hydrogen-bond donors (Lipinski definition) is 3. The Morgan fingerprint density at radius 1 is 0.900 bits per heavy atom. The first-order valence-electron chi connectivity index (χ1n) is 16.9. The van der Waals surface area contributed by atoms with Crippen LogP contribution in [0.3, 0.4) is 0 Å². The number of aryl methyl sites for hydroxylation is 1. The van der Waals surface area contributed by atoms with Gasteiger partial charge in [0, 0.05) is 60.6 Å². The maximum Gasteiger partial charge on any atom is 0.324 e. The lowest BCUT2D eigenvalue weighted by atomic mass is 9.92. The summed E-state index contributed by atoms with van der Waals surface area (Å²) in [7, 11) is 0. The molecule has 50 heavy (non-hydrogen) atoms. The number of urea groups is 1. The highest BCUT2D eigenvalue weighted by molar-refractivity contribution is 6.07. The summed E-state index contributed by atoms with van der Waals surface area (Å²) in [6, 6.07) is 24.3. The van der Waals surface area contributed by atoms with E-state index < -0.39 is 6.03 Å². The van der Waals surface area contributed by atoms with Crippen LogP contribution in [0.5, 0.6) is 11.5 Å². The van der Waals surface area contributed by atoms with Crippen LogP contribution in [0, 0.1) is 6.92 Å². The number of fused-ring (bicyclic) bond motifs is 1. The van der Waals surface area contributed by atoms with Gasteiger partial charge in [0.15, 0.2) is 0 Å². The third-order valence-corrected chi connectivity index (χ3v) is 8.79. The van der Waals surface area contributed by atoms with E-state index in [1.165, 1.54) is 0 Å². The molecule has 0 atom stereocenters. The first kappa shape index (κ1) is 34.2. The van der Waals surface area contributed by atoms with Crippen molar-refractivity contribution in [3.63, 3.8) is 0 Å². The number of benzene rings is 3. The van der Waals surface area contributed by atoms with E-state index in [0.717, 1.165) is 40.6 Å². The van der Waals surface area contributed by atoms with Crippen LogP contribution >= 0.6 is 0 Å². The third-order valence-electron chi connectivity index (χ3n) is 8.79. The summed E-state index contributed by atoms with van der Waals surface area (Å²) >= 11 is 0. The number of nitrogens with zero attached hydrogens (tertiary/aromatic N) is 4. The molecule has 1 saturated heterocycles. The van der Waals surface area contributed by atoms with E-state index in [1.54, 1.807) is 34.8 Å². The summed E-state index contributed by atoms with van der Waals surface area (Å²) in [5, 5.41) is 15.5. The minimum absolute atomic E-state index is 0.0365. The Kier molecular flexibility index (Phi) is 9.85. The van der Waals surface area contributed by atoms with Gasteiger partial charge in [0.05, 0.1) is 29.2 Å². The number of likely N-dealkylation sites (tertiary alicyclic amines) is 1. The monoisotopic (exact) mass is 673 g/mol. The summed E-state index contributed by atoms with van der Waals surface area (Å²) in [5.41, 5.74) is 3.82. The molecule has 4 amide bonds. The van der Waals surface area contributed by atoms with E-state index in [9.17, 15) is 14.4 Å². The molecule has 1 aliphatic heterocycles. The van der Waals surface area contributed by atoms with Crippen molar-refractivity contribution in [3.05, 3.63) is 102 Å². The minimum Gasteiger partial charge on any atom is -0.457 e. The van der Waals surface area contributed by atoms with Crippen molar-refractivity contribution in [3.8, 4) is 17.2 Å². The van der Waals surface area contributed by atoms with Crippen molar-refractivity contribution in [2.45, 2.75) is 65.3 Å². The first-order chi connectivity index (χ1) is 23.9. The summed E-state index contributed by atoms with van der Waals surface area (Å²) < 4.78 is 8.06. The zero-order chi connectivity index (χ0) is 35.4. The molecular weight excluding hydrogens is 630 g/mol. The molecule has 0 aliphatic carbocycles.